The Morgan fingerprint density at radius 1 is 1.07 bits per heavy atom. The Morgan fingerprint density at radius 2 is 1.88 bits per heavy atom. The van der Waals surface area contributed by atoms with Gasteiger partial charge in [-0.1, -0.05) is 86.4 Å². The van der Waals surface area contributed by atoms with E-state index in [1.54, 1.807) is 11.8 Å². The van der Waals surface area contributed by atoms with Crippen molar-refractivity contribution in [1.29, 1.82) is 0 Å². The molecule has 1 saturated carbocycles. The molecule has 2 amide bonds. The van der Waals surface area contributed by atoms with Crippen molar-refractivity contribution in [2.45, 2.75) is 114 Å². The van der Waals surface area contributed by atoms with Crippen molar-refractivity contribution < 1.29 is 9.59 Å². The van der Waals surface area contributed by atoms with Crippen LogP contribution in [0.5, 0.6) is 0 Å². The van der Waals surface area contributed by atoms with Gasteiger partial charge in [-0.25, -0.2) is 0 Å². The van der Waals surface area contributed by atoms with Crippen LogP contribution in [0.2, 0.25) is 0 Å². The van der Waals surface area contributed by atoms with E-state index in [1.165, 1.54) is 12.0 Å². The highest BCUT2D eigenvalue weighted by molar-refractivity contribution is 8.00. The zero-order valence-corrected chi connectivity index (χ0v) is 25.7. The molecule has 0 radical (unpaired) electrons. The molecule has 5 atom stereocenters. The molecule has 3 unspecified atom stereocenters. The molecule has 2 N–H and O–H groups in total. The lowest BCUT2D eigenvalue weighted by Gasteiger charge is -2.35. The fraction of sp³-hybridized carbons (Fsp3) is 0.647. The van der Waals surface area contributed by atoms with Gasteiger partial charge in [-0.05, 0) is 63.2 Å². The molecular formula is C34H49N3O3S. The molecule has 6 nitrogen and oxygen atoms in total. The third kappa shape index (κ3) is 11.3. The van der Waals surface area contributed by atoms with Crippen molar-refractivity contribution in [2.24, 2.45) is 22.9 Å². The zero-order chi connectivity index (χ0) is 29.5. The van der Waals surface area contributed by atoms with E-state index in [2.05, 4.69) is 78.1 Å². The first-order valence-electron chi connectivity index (χ1n) is 15.6. The normalized spacial score (nSPS) is 21.8. The summed E-state index contributed by atoms with van der Waals surface area (Å²) in [5.74, 6) is 3.19. The number of hydrogen-bond acceptors (Lipinski definition) is 5. The summed E-state index contributed by atoms with van der Waals surface area (Å²) in [6.07, 6.45) is 30.9. The van der Waals surface area contributed by atoms with Gasteiger partial charge in [-0.15, -0.1) is 12.3 Å². The molecule has 0 saturated heterocycles. The quantitative estimate of drug-likeness (QED) is 0.152. The second-order valence-corrected chi connectivity index (χ2v) is 13.4. The summed E-state index contributed by atoms with van der Waals surface area (Å²) in [5.41, 5.74) is 1.26. The molecule has 3 aliphatic carbocycles. The number of hydrogen-bond donors (Lipinski definition) is 2. The predicted octanol–water partition coefficient (Wildman–Crippen LogP) is 7.03. The molecule has 0 aromatic carbocycles. The molecule has 0 aromatic rings. The first-order valence-corrected chi connectivity index (χ1v) is 16.6. The monoisotopic (exact) mass is 579 g/mol. The number of terminal acetylenes is 1. The number of nitrogens with zero attached hydrogens (tertiary/aromatic N) is 1. The molecule has 0 bridgehead atoms. The highest BCUT2D eigenvalue weighted by atomic mass is 32.2. The van der Waals surface area contributed by atoms with Crippen molar-refractivity contribution in [1.82, 2.24) is 10.6 Å². The van der Waals surface area contributed by atoms with Crippen LogP contribution in [0, 0.1) is 35.0 Å². The van der Waals surface area contributed by atoms with Crippen LogP contribution in [0.15, 0.2) is 53.3 Å². The van der Waals surface area contributed by atoms with E-state index in [1.807, 2.05) is 0 Å². The molecular weight excluding hydrogens is 530 g/mol. The molecule has 0 heterocycles. The maximum Gasteiger partial charge on any atom is 0.243 e. The van der Waals surface area contributed by atoms with E-state index >= 15 is 0 Å². The Hall–Kier alpha value is -2.59. The molecule has 224 valence electrons. The Morgan fingerprint density at radius 3 is 2.51 bits per heavy atom. The molecule has 0 aromatic heterocycles. The molecule has 1 fully saturated rings. The number of thioether (sulfide) groups is 1. The second kappa shape index (κ2) is 18.1. The van der Waals surface area contributed by atoms with Crippen LogP contribution in [0.4, 0.5) is 0 Å². The van der Waals surface area contributed by atoms with Crippen molar-refractivity contribution in [3.05, 3.63) is 53.0 Å². The topological polar surface area (TPSA) is 87.6 Å². The van der Waals surface area contributed by atoms with Gasteiger partial charge in [0.15, 0.2) is 0 Å². The van der Waals surface area contributed by atoms with Crippen molar-refractivity contribution >= 4 is 23.6 Å². The van der Waals surface area contributed by atoms with E-state index in [0.717, 1.165) is 51.4 Å². The first-order chi connectivity index (χ1) is 19.9. The molecule has 41 heavy (non-hydrogen) atoms. The average Bonchev–Trinajstić information content (AvgIpc) is 2.99. The second-order valence-electron chi connectivity index (χ2n) is 12.2. The lowest BCUT2D eigenvalue weighted by Crippen LogP contribution is -2.55. The van der Waals surface area contributed by atoms with Crippen LogP contribution < -0.4 is 10.6 Å². The van der Waals surface area contributed by atoms with Crippen LogP contribution in [0.1, 0.15) is 90.9 Å². The molecule has 0 spiro atoms. The number of nitroso groups, excluding NO2 is 1. The van der Waals surface area contributed by atoms with E-state index in [0.29, 0.717) is 29.8 Å². The summed E-state index contributed by atoms with van der Waals surface area (Å²) in [4.78, 5) is 39.4. The van der Waals surface area contributed by atoms with Gasteiger partial charge < -0.3 is 10.6 Å². The van der Waals surface area contributed by atoms with Crippen LogP contribution >= 0.6 is 11.8 Å². The van der Waals surface area contributed by atoms with Gasteiger partial charge in [-0.2, -0.15) is 16.7 Å². The van der Waals surface area contributed by atoms with Gasteiger partial charge in [0.1, 0.15) is 12.1 Å². The lowest BCUT2D eigenvalue weighted by molar-refractivity contribution is -0.131. The van der Waals surface area contributed by atoms with Gasteiger partial charge in [-0.3, -0.25) is 9.59 Å². The summed E-state index contributed by atoms with van der Waals surface area (Å²) in [7, 11) is 0. The minimum atomic E-state index is -0.846. The summed E-state index contributed by atoms with van der Waals surface area (Å²) >= 11 is 1.78. The fourth-order valence-electron chi connectivity index (χ4n) is 5.99. The maximum absolute atomic E-state index is 13.7. The molecule has 3 rings (SSSR count). The molecule has 0 aliphatic heterocycles. The summed E-state index contributed by atoms with van der Waals surface area (Å²) < 4.78 is 0. The van der Waals surface area contributed by atoms with Gasteiger partial charge in [0.05, 0.1) is 12.0 Å². The SMILES string of the molecule is C#CC[C@H](NC(=O)C(CSC1C=CC=CC1)CC1=CC=CCC1)C(=O)NC(C1CCCCC1)[C@H](CCC(C)C)N=O. The number of allylic oxidation sites excluding steroid dienone is 7. The average molecular weight is 580 g/mol. The van der Waals surface area contributed by atoms with Gasteiger partial charge in [0, 0.05) is 17.4 Å². The van der Waals surface area contributed by atoms with E-state index in [-0.39, 0.29) is 36.1 Å². The van der Waals surface area contributed by atoms with E-state index < -0.39 is 12.1 Å². The predicted molar refractivity (Wildman–Crippen MR) is 171 cm³/mol. The highest BCUT2D eigenvalue weighted by Crippen LogP contribution is 2.31. The van der Waals surface area contributed by atoms with Crippen LogP contribution in [-0.4, -0.2) is 40.9 Å². The fourth-order valence-corrected chi connectivity index (χ4v) is 7.19. The molecule has 3 aliphatic rings. The Kier molecular flexibility index (Phi) is 14.5. The van der Waals surface area contributed by atoms with Gasteiger partial charge >= 0.3 is 0 Å². The van der Waals surface area contributed by atoms with Crippen molar-refractivity contribution in [3.63, 3.8) is 0 Å². The van der Waals surface area contributed by atoms with Crippen LogP contribution in [-0.2, 0) is 9.59 Å². The van der Waals surface area contributed by atoms with Gasteiger partial charge in [0.25, 0.3) is 0 Å². The number of carbonyl (C=O) groups excluding carboxylic acids is 2. The third-order valence-corrected chi connectivity index (χ3v) is 9.82. The van der Waals surface area contributed by atoms with E-state index in [4.69, 9.17) is 6.42 Å². The first kappa shape index (κ1) is 32.9. The Bertz CT molecular complexity index is 1020. The number of rotatable bonds is 16. The summed E-state index contributed by atoms with van der Waals surface area (Å²) in [5, 5.41) is 10.0. The Labute approximate surface area is 251 Å². The minimum Gasteiger partial charge on any atom is -0.349 e. The van der Waals surface area contributed by atoms with Crippen LogP contribution in [0.25, 0.3) is 0 Å². The standard InChI is InChI=1S/C34H49N3O3S/c1-4-14-31(34(39)36-32(27-17-10-6-11-18-27)30(37-40)22-21-25(2)3)35-33(38)28(23-26-15-8-5-9-16-26)24-41-29-19-12-7-13-20-29/h1,5,7-8,12-13,15,19,25,27-32H,6,9-11,14,16-18,20-24H2,2-3H3,(H,35,38)(H,36,39)/t28?,29?,30-,31-,32?/m0/s1. The van der Waals surface area contributed by atoms with E-state index in [9.17, 15) is 14.5 Å². The minimum absolute atomic E-state index is 0.0988. The smallest absolute Gasteiger partial charge is 0.243 e. The van der Waals surface area contributed by atoms with Gasteiger partial charge in [0.2, 0.25) is 11.8 Å². The van der Waals surface area contributed by atoms with Crippen molar-refractivity contribution in [3.8, 4) is 12.3 Å². The molecule has 7 heteroatoms. The van der Waals surface area contributed by atoms with Crippen molar-refractivity contribution in [2.75, 3.05) is 5.75 Å². The summed E-state index contributed by atoms with van der Waals surface area (Å²) in [6.45, 7) is 4.26. The Balaban J connectivity index is 1.72. The largest absolute Gasteiger partial charge is 0.349 e. The lowest BCUT2D eigenvalue weighted by atomic mass is 9.79. The van der Waals surface area contributed by atoms with Crippen LogP contribution in [0.3, 0.4) is 0 Å². The highest BCUT2D eigenvalue weighted by Gasteiger charge is 2.35. The number of nitrogens with one attached hydrogen (secondary N) is 2. The number of amides is 2. The third-order valence-electron chi connectivity index (χ3n) is 8.44. The summed E-state index contributed by atoms with van der Waals surface area (Å²) in [6, 6.07) is -1.67. The maximum atomic E-state index is 13.7. The zero-order valence-electron chi connectivity index (χ0n) is 24.9. The number of carbonyl (C=O) groups is 2.